The first-order valence-corrected chi connectivity index (χ1v) is 4.35. The Balaban J connectivity index is 5.07. The van der Waals surface area contributed by atoms with Crippen molar-refractivity contribution in [2.45, 2.75) is 25.4 Å². The van der Waals surface area contributed by atoms with Crippen molar-refractivity contribution in [2.24, 2.45) is 5.92 Å². The quantitative estimate of drug-likeness (QED) is 0.357. The van der Waals surface area contributed by atoms with E-state index in [0.29, 0.717) is 6.92 Å². The Labute approximate surface area is 94.1 Å². The standard InChI is InChI=1S/C7H10N2O8/c1-7(8(14)15,9(16)17)3-4(6(12)13)2-5(10)11/h4H,2-3H2,1H3,(H,10,11)(H,12,13). The Morgan fingerprint density at radius 3 is 1.88 bits per heavy atom. The maximum atomic E-state index is 10.6. The minimum atomic E-state index is -2.71. The molecule has 0 aromatic heterocycles. The normalized spacial score (nSPS) is 12.8. The monoisotopic (exact) mass is 250 g/mol. The van der Waals surface area contributed by atoms with Gasteiger partial charge in [0, 0.05) is 0 Å². The molecule has 0 aliphatic carbocycles. The number of carboxylic acids is 2. The second-order valence-electron chi connectivity index (χ2n) is 3.57. The summed E-state index contributed by atoms with van der Waals surface area (Å²) in [6.07, 6.45) is -1.90. The van der Waals surface area contributed by atoms with Crippen molar-refractivity contribution in [3.05, 3.63) is 20.2 Å². The predicted octanol–water partition coefficient (Wildman–Crippen LogP) is -0.178. The van der Waals surface area contributed by atoms with Gasteiger partial charge in [-0.25, -0.2) is 0 Å². The molecule has 0 saturated heterocycles. The summed E-state index contributed by atoms with van der Waals surface area (Å²) in [4.78, 5) is 39.6. The Hall–Kier alpha value is -2.26. The Morgan fingerprint density at radius 2 is 1.65 bits per heavy atom. The van der Waals surface area contributed by atoms with Gasteiger partial charge in [-0.15, -0.1) is 0 Å². The summed E-state index contributed by atoms with van der Waals surface area (Å²) in [6.45, 7) is 0.644. The van der Waals surface area contributed by atoms with E-state index in [1.165, 1.54) is 0 Å². The average Bonchev–Trinajstić information content (AvgIpc) is 2.14. The number of hydrogen-bond acceptors (Lipinski definition) is 6. The lowest BCUT2D eigenvalue weighted by Gasteiger charge is -2.16. The van der Waals surface area contributed by atoms with Crippen molar-refractivity contribution in [3.8, 4) is 0 Å². The fourth-order valence-electron chi connectivity index (χ4n) is 1.14. The third-order valence-corrected chi connectivity index (χ3v) is 2.19. The molecule has 0 fully saturated rings. The number of hydrogen-bond donors (Lipinski definition) is 2. The van der Waals surface area contributed by atoms with Crippen LogP contribution in [0.4, 0.5) is 0 Å². The van der Waals surface area contributed by atoms with Crippen LogP contribution in [0.2, 0.25) is 0 Å². The van der Waals surface area contributed by atoms with Gasteiger partial charge in [0.1, 0.15) is 6.42 Å². The number of carboxylic acid groups (broad SMARTS) is 2. The zero-order chi connectivity index (χ0) is 13.8. The smallest absolute Gasteiger partial charge is 0.456 e. The number of nitrogens with zero attached hydrogens (tertiary/aromatic N) is 2. The maximum absolute atomic E-state index is 10.6. The molecule has 2 N–H and O–H groups in total. The number of rotatable bonds is 7. The zero-order valence-corrected chi connectivity index (χ0v) is 8.73. The van der Waals surface area contributed by atoms with Crippen molar-refractivity contribution in [1.82, 2.24) is 0 Å². The van der Waals surface area contributed by atoms with E-state index in [1.807, 2.05) is 0 Å². The van der Waals surface area contributed by atoms with Gasteiger partial charge in [0.25, 0.3) is 0 Å². The van der Waals surface area contributed by atoms with E-state index in [-0.39, 0.29) is 0 Å². The summed E-state index contributed by atoms with van der Waals surface area (Å²) in [5.41, 5.74) is -2.71. The molecule has 0 aromatic carbocycles. The molecule has 10 heteroatoms. The lowest BCUT2D eigenvalue weighted by molar-refractivity contribution is -0.793. The summed E-state index contributed by atoms with van der Waals surface area (Å²) >= 11 is 0. The highest BCUT2D eigenvalue weighted by Gasteiger charge is 2.53. The van der Waals surface area contributed by atoms with Gasteiger partial charge in [0.2, 0.25) is 0 Å². The van der Waals surface area contributed by atoms with E-state index in [9.17, 15) is 29.8 Å². The average molecular weight is 250 g/mol. The van der Waals surface area contributed by atoms with Crippen molar-refractivity contribution in [1.29, 1.82) is 0 Å². The van der Waals surface area contributed by atoms with Gasteiger partial charge in [0.05, 0.1) is 29.1 Å². The largest absolute Gasteiger partial charge is 0.481 e. The minimum Gasteiger partial charge on any atom is -0.481 e. The molecule has 0 aliphatic heterocycles. The fraction of sp³-hybridized carbons (Fsp3) is 0.714. The molecular weight excluding hydrogens is 240 g/mol. The third-order valence-electron chi connectivity index (χ3n) is 2.19. The summed E-state index contributed by atoms with van der Waals surface area (Å²) in [5.74, 6) is -4.80. The highest BCUT2D eigenvalue weighted by atomic mass is 16.7. The van der Waals surface area contributed by atoms with E-state index in [2.05, 4.69) is 0 Å². The van der Waals surface area contributed by atoms with E-state index in [4.69, 9.17) is 10.2 Å². The molecule has 0 heterocycles. The maximum Gasteiger partial charge on any atom is 0.456 e. The Kier molecular flexibility index (Phi) is 4.50. The van der Waals surface area contributed by atoms with E-state index in [1.54, 1.807) is 0 Å². The van der Waals surface area contributed by atoms with Crippen molar-refractivity contribution in [3.63, 3.8) is 0 Å². The van der Waals surface area contributed by atoms with Crippen LogP contribution >= 0.6 is 0 Å². The number of nitro groups is 2. The van der Waals surface area contributed by atoms with Gasteiger partial charge in [0.15, 0.2) is 0 Å². The lowest BCUT2D eigenvalue weighted by Crippen LogP contribution is -2.46. The Morgan fingerprint density at radius 1 is 1.24 bits per heavy atom. The van der Waals surface area contributed by atoms with Crippen molar-refractivity contribution >= 4 is 11.9 Å². The molecule has 0 saturated carbocycles. The van der Waals surface area contributed by atoms with E-state index >= 15 is 0 Å². The summed E-state index contributed by atoms with van der Waals surface area (Å²) in [6, 6.07) is 0. The molecular formula is C7H10N2O8. The first-order chi connectivity index (χ1) is 7.61. The highest BCUT2D eigenvalue weighted by molar-refractivity contribution is 5.77. The van der Waals surface area contributed by atoms with Gasteiger partial charge < -0.3 is 10.2 Å². The molecule has 0 rings (SSSR count). The van der Waals surface area contributed by atoms with Crippen molar-refractivity contribution in [2.75, 3.05) is 0 Å². The molecule has 0 bridgehead atoms. The van der Waals surface area contributed by atoms with Gasteiger partial charge >= 0.3 is 17.6 Å². The third kappa shape index (κ3) is 3.66. The van der Waals surface area contributed by atoms with Crippen LogP contribution in [0.15, 0.2) is 0 Å². The van der Waals surface area contributed by atoms with Crippen LogP contribution in [-0.4, -0.2) is 37.7 Å². The number of aliphatic carboxylic acids is 2. The first-order valence-electron chi connectivity index (χ1n) is 4.35. The van der Waals surface area contributed by atoms with Gasteiger partial charge in [-0.1, -0.05) is 0 Å². The fourth-order valence-corrected chi connectivity index (χ4v) is 1.14. The van der Waals surface area contributed by atoms with Crippen LogP contribution < -0.4 is 0 Å². The van der Waals surface area contributed by atoms with Gasteiger partial charge in [-0.05, 0) is 0 Å². The van der Waals surface area contributed by atoms with Crippen LogP contribution in [0.25, 0.3) is 0 Å². The van der Waals surface area contributed by atoms with E-state index < -0.39 is 46.2 Å². The van der Waals surface area contributed by atoms with Crippen LogP contribution in [0.1, 0.15) is 19.8 Å². The van der Waals surface area contributed by atoms with Gasteiger partial charge in [-0.2, -0.15) is 0 Å². The van der Waals surface area contributed by atoms with Crippen LogP contribution in [0.3, 0.4) is 0 Å². The number of carbonyl (C=O) groups is 2. The zero-order valence-electron chi connectivity index (χ0n) is 8.73. The second-order valence-corrected chi connectivity index (χ2v) is 3.57. The molecule has 1 unspecified atom stereocenters. The summed E-state index contributed by atoms with van der Waals surface area (Å²) in [5, 5.41) is 38.1. The topological polar surface area (TPSA) is 161 Å². The van der Waals surface area contributed by atoms with Crippen molar-refractivity contribution < 1.29 is 29.6 Å². The molecule has 17 heavy (non-hydrogen) atoms. The van der Waals surface area contributed by atoms with Crippen LogP contribution in [0, 0.1) is 26.1 Å². The first kappa shape index (κ1) is 14.7. The van der Waals surface area contributed by atoms with Crippen LogP contribution in [-0.2, 0) is 9.59 Å². The lowest BCUT2D eigenvalue weighted by atomic mass is 9.94. The van der Waals surface area contributed by atoms with Crippen LogP contribution in [0.5, 0.6) is 0 Å². The highest BCUT2D eigenvalue weighted by Crippen LogP contribution is 2.23. The second kappa shape index (κ2) is 5.18. The predicted molar refractivity (Wildman–Crippen MR) is 50.4 cm³/mol. The molecule has 0 radical (unpaired) electrons. The molecule has 1 atom stereocenters. The van der Waals surface area contributed by atoms with Gasteiger partial charge in [-0.3, -0.25) is 29.8 Å². The molecule has 0 aliphatic rings. The Bertz CT molecular complexity index is 351. The molecule has 96 valence electrons. The molecule has 10 nitrogen and oxygen atoms in total. The molecule has 0 aromatic rings. The summed E-state index contributed by atoms with van der Waals surface area (Å²) < 4.78 is 0. The molecule has 0 spiro atoms. The molecule has 0 amide bonds. The SMILES string of the molecule is CC(CC(CC(=O)O)C(=O)O)([N+](=O)[O-])[N+](=O)[O-]. The minimum absolute atomic E-state index is 0.644. The summed E-state index contributed by atoms with van der Waals surface area (Å²) in [7, 11) is 0. The van der Waals surface area contributed by atoms with E-state index in [0.717, 1.165) is 0 Å².